The van der Waals surface area contributed by atoms with Gasteiger partial charge in [-0.2, -0.15) is 0 Å². The van der Waals surface area contributed by atoms with E-state index in [1.54, 1.807) is 25.1 Å². The van der Waals surface area contributed by atoms with E-state index < -0.39 is 24.0 Å². The Balaban J connectivity index is 2.32. The number of allylic oxidation sites excluding steroid dienone is 1. The Morgan fingerprint density at radius 1 is 1.15 bits per heavy atom. The minimum absolute atomic E-state index is 0.408. The normalized spacial score (nSPS) is 21.8. The van der Waals surface area contributed by atoms with E-state index >= 15 is 0 Å². The predicted molar refractivity (Wildman–Crippen MR) is 80.6 cm³/mol. The highest BCUT2D eigenvalue weighted by atomic mass is 19.1. The van der Waals surface area contributed by atoms with Crippen molar-refractivity contribution in [2.45, 2.75) is 45.8 Å². The summed E-state index contributed by atoms with van der Waals surface area (Å²) >= 11 is 0. The highest BCUT2D eigenvalue weighted by molar-refractivity contribution is 6.55. The first kappa shape index (κ1) is 15.1. The number of hydrogen-bond donors (Lipinski definition) is 1. The van der Waals surface area contributed by atoms with Crippen molar-refractivity contribution < 1.29 is 13.7 Å². The number of benzene rings is 1. The van der Waals surface area contributed by atoms with Crippen LogP contribution in [0.1, 0.15) is 40.2 Å². The highest BCUT2D eigenvalue weighted by Gasteiger charge is 2.53. The number of nitrogens with two attached hydrogens (primary N) is 1. The average molecular weight is 277 g/mol. The summed E-state index contributed by atoms with van der Waals surface area (Å²) in [6.07, 6.45) is 0. The van der Waals surface area contributed by atoms with Crippen LogP contribution >= 0.6 is 0 Å². The first-order valence-electron chi connectivity index (χ1n) is 6.72. The molecule has 0 aromatic heterocycles. The van der Waals surface area contributed by atoms with Crippen LogP contribution in [0.5, 0.6) is 0 Å². The maximum Gasteiger partial charge on any atom is 0.525 e. The topological polar surface area (TPSA) is 44.5 Å². The van der Waals surface area contributed by atoms with Crippen LogP contribution < -0.4 is 5.73 Å². The largest absolute Gasteiger partial charge is 0.525 e. The molecule has 0 bridgehead atoms. The first-order valence-corrected chi connectivity index (χ1v) is 6.72. The van der Waals surface area contributed by atoms with Gasteiger partial charge in [-0.05, 0) is 57.9 Å². The van der Waals surface area contributed by atoms with E-state index in [1.165, 1.54) is 0 Å². The molecule has 0 atom stereocenters. The lowest BCUT2D eigenvalue weighted by molar-refractivity contribution is 0.00578. The Morgan fingerprint density at radius 2 is 1.70 bits per heavy atom. The Morgan fingerprint density at radius 3 is 2.20 bits per heavy atom. The van der Waals surface area contributed by atoms with Gasteiger partial charge in [-0.15, -0.1) is 0 Å². The molecular weight excluding hydrogens is 256 g/mol. The third-order valence-corrected chi connectivity index (χ3v) is 4.14. The fraction of sp³-hybridized carbons (Fsp3) is 0.467. The lowest BCUT2D eigenvalue weighted by Crippen LogP contribution is -2.41. The molecule has 0 aliphatic carbocycles. The lowest BCUT2D eigenvalue weighted by Gasteiger charge is -2.32. The molecule has 0 unspecified atom stereocenters. The summed E-state index contributed by atoms with van der Waals surface area (Å²) in [6, 6.07) is 7.12. The van der Waals surface area contributed by atoms with E-state index in [4.69, 9.17) is 15.0 Å². The summed E-state index contributed by atoms with van der Waals surface area (Å²) in [5.74, 6) is 0. The molecule has 1 fully saturated rings. The van der Waals surface area contributed by atoms with Gasteiger partial charge in [0.25, 0.3) is 0 Å². The molecule has 0 saturated carbocycles. The number of anilines is 1. The van der Waals surface area contributed by atoms with E-state index in [0.717, 1.165) is 5.56 Å². The summed E-state index contributed by atoms with van der Waals surface area (Å²) < 4.78 is 26.0. The Kier molecular flexibility index (Phi) is 3.69. The Labute approximate surface area is 120 Å². The first-order chi connectivity index (χ1) is 9.14. The second-order valence-electron chi connectivity index (χ2n) is 6.19. The predicted octanol–water partition coefficient (Wildman–Crippen LogP) is 3.60. The van der Waals surface area contributed by atoms with Crippen molar-refractivity contribution in [3.8, 4) is 0 Å². The minimum atomic E-state index is -0.971. The molecule has 1 aromatic rings. The van der Waals surface area contributed by atoms with Gasteiger partial charge < -0.3 is 15.0 Å². The molecule has 0 amide bonds. The molecule has 20 heavy (non-hydrogen) atoms. The molecular formula is C15H21BFNO2. The van der Waals surface area contributed by atoms with Crippen LogP contribution in [0.3, 0.4) is 0 Å². The maximum atomic E-state index is 14.6. The van der Waals surface area contributed by atoms with E-state index in [9.17, 15) is 4.39 Å². The molecule has 1 aliphatic heterocycles. The summed E-state index contributed by atoms with van der Waals surface area (Å²) in [5.41, 5.74) is 6.04. The van der Waals surface area contributed by atoms with Crippen LogP contribution in [-0.2, 0) is 9.31 Å². The van der Waals surface area contributed by atoms with E-state index in [2.05, 4.69) is 0 Å². The number of hydrogen-bond acceptors (Lipinski definition) is 3. The molecule has 0 radical (unpaired) electrons. The fourth-order valence-electron chi connectivity index (χ4n) is 2.03. The van der Waals surface area contributed by atoms with Crippen LogP contribution in [0.4, 0.5) is 10.1 Å². The number of rotatable bonds is 2. The molecule has 2 N–H and O–H groups in total. The van der Waals surface area contributed by atoms with Gasteiger partial charge in [0, 0.05) is 5.69 Å². The second-order valence-corrected chi connectivity index (χ2v) is 6.19. The zero-order valence-corrected chi connectivity index (χ0v) is 12.7. The Bertz CT molecular complexity index is 539. The van der Waals surface area contributed by atoms with Gasteiger partial charge in [0.1, 0.15) is 5.73 Å². The van der Waals surface area contributed by atoms with Crippen molar-refractivity contribution >= 4 is 18.4 Å². The zero-order valence-electron chi connectivity index (χ0n) is 12.7. The van der Waals surface area contributed by atoms with Crippen molar-refractivity contribution in [1.82, 2.24) is 0 Å². The van der Waals surface area contributed by atoms with Gasteiger partial charge in [0.15, 0.2) is 0 Å². The summed E-state index contributed by atoms with van der Waals surface area (Å²) in [4.78, 5) is 0. The van der Waals surface area contributed by atoms with Crippen LogP contribution in [0, 0.1) is 0 Å². The SMILES string of the molecule is CC(=C(F)B1OC(C)(C)C(C)(C)O1)c1cccc(N)c1. The molecule has 1 heterocycles. The molecule has 5 heteroatoms. The summed E-state index contributed by atoms with van der Waals surface area (Å²) in [7, 11) is -0.971. The number of halogens is 1. The fourth-order valence-corrected chi connectivity index (χ4v) is 2.03. The van der Waals surface area contributed by atoms with Gasteiger partial charge in [-0.1, -0.05) is 12.1 Å². The van der Waals surface area contributed by atoms with Gasteiger partial charge in [-0.25, -0.2) is 4.39 Å². The molecule has 1 aliphatic rings. The average Bonchev–Trinajstić information content (AvgIpc) is 2.56. The van der Waals surface area contributed by atoms with Crippen LogP contribution in [0.15, 0.2) is 30.0 Å². The van der Waals surface area contributed by atoms with Crippen LogP contribution in [-0.4, -0.2) is 18.3 Å². The second kappa shape index (κ2) is 4.90. The molecule has 1 aromatic carbocycles. The van der Waals surface area contributed by atoms with Crippen molar-refractivity contribution in [3.63, 3.8) is 0 Å². The Hall–Kier alpha value is -1.33. The summed E-state index contributed by atoms with van der Waals surface area (Å²) in [5, 5.41) is 0. The van der Waals surface area contributed by atoms with Crippen LogP contribution in [0.2, 0.25) is 0 Å². The van der Waals surface area contributed by atoms with Crippen molar-refractivity contribution in [1.29, 1.82) is 0 Å². The third kappa shape index (κ3) is 2.60. The van der Waals surface area contributed by atoms with Crippen molar-refractivity contribution in [2.24, 2.45) is 0 Å². The molecule has 2 rings (SSSR count). The van der Waals surface area contributed by atoms with E-state index in [0.29, 0.717) is 11.3 Å². The van der Waals surface area contributed by atoms with Crippen molar-refractivity contribution in [2.75, 3.05) is 5.73 Å². The zero-order chi connectivity index (χ0) is 15.1. The van der Waals surface area contributed by atoms with Crippen LogP contribution in [0.25, 0.3) is 5.57 Å². The standard InChI is InChI=1S/C15H21BFNO2/c1-10(11-7-6-8-12(18)9-11)13(17)16-19-14(2,3)15(4,5)20-16/h6-9H,18H2,1-5H3. The van der Waals surface area contributed by atoms with E-state index in [-0.39, 0.29) is 0 Å². The van der Waals surface area contributed by atoms with Gasteiger partial charge in [0.2, 0.25) is 0 Å². The maximum absolute atomic E-state index is 14.6. The smallest absolute Gasteiger partial charge is 0.399 e. The third-order valence-electron chi connectivity index (χ3n) is 4.14. The molecule has 0 spiro atoms. The molecule has 108 valence electrons. The van der Waals surface area contributed by atoms with Crippen molar-refractivity contribution in [3.05, 3.63) is 35.6 Å². The monoisotopic (exact) mass is 277 g/mol. The highest BCUT2D eigenvalue weighted by Crippen LogP contribution is 2.40. The number of nitrogen functional groups attached to an aromatic ring is 1. The minimum Gasteiger partial charge on any atom is -0.399 e. The van der Waals surface area contributed by atoms with Gasteiger partial charge in [-0.3, -0.25) is 0 Å². The molecule has 3 nitrogen and oxygen atoms in total. The lowest BCUT2D eigenvalue weighted by atomic mass is 9.83. The van der Waals surface area contributed by atoms with E-state index in [1.807, 2.05) is 33.8 Å². The molecule has 1 saturated heterocycles. The van der Waals surface area contributed by atoms with Gasteiger partial charge in [0.05, 0.1) is 11.2 Å². The summed E-state index contributed by atoms with van der Waals surface area (Å²) in [6.45, 7) is 9.30. The van der Waals surface area contributed by atoms with Gasteiger partial charge >= 0.3 is 7.12 Å². The quantitative estimate of drug-likeness (QED) is 0.663.